The highest BCUT2D eigenvalue weighted by Gasteiger charge is 2.22. The Morgan fingerprint density at radius 3 is 2.37 bits per heavy atom. The highest BCUT2D eigenvalue weighted by molar-refractivity contribution is 7.14. The van der Waals surface area contributed by atoms with Gasteiger partial charge in [-0.05, 0) is 17.0 Å². The van der Waals surface area contributed by atoms with Crippen LogP contribution >= 0.6 is 11.3 Å². The molecular formula is C14H21NO3S. The van der Waals surface area contributed by atoms with Gasteiger partial charge in [-0.15, -0.1) is 11.3 Å². The molecule has 0 fully saturated rings. The molecule has 0 spiro atoms. The summed E-state index contributed by atoms with van der Waals surface area (Å²) < 4.78 is 4.61. The van der Waals surface area contributed by atoms with Crippen LogP contribution in [0.5, 0.6) is 0 Å². The lowest BCUT2D eigenvalue weighted by atomic mass is 10.0. The Labute approximate surface area is 118 Å². The van der Waals surface area contributed by atoms with Crippen molar-refractivity contribution in [1.82, 2.24) is 4.90 Å². The van der Waals surface area contributed by atoms with Crippen LogP contribution in [0.4, 0.5) is 0 Å². The number of esters is 1. The predicted molar refractivity (Wildman–Crippen MR) is 76.1 cm³/mol. The van der Waals surface area contributed by atoms with Crippen LogP contribution in [0.3, 0.4) is 0 Å². The summed E-state index contributed by atoms with van der Waals surface area (Å²) in [7, 11) is 1.37. The van der Waals surface area contributed by atoms with Crippen molar-refractivity contribution < 1.29 is 14.3 Å². The van der Waals surface area contributed by atoms with Crippen molar-refractivity contribution >= 4 is 23.7 Å². The summed E-state index contributed by atoms with van der Waals surface area (Å²) in [4.78, 5) is 25.0. The maximum absolute atomic E-state index is 11.2. The van der Waals surface area contributed by atoms with Crippen LogP contribution in [0, 0.1) is 5.41 Å². The lowest BCUT2D eigenvalue weighted by Crippen LogP contribution is -2.13. The maximum atomic E-state index is 11.2. The molecule has 1 amide bonds. The van der Waals surface area contributed by atoms with Crippen molar-refractivity contribution in [2.75, 3.05) is 7.11 Å². The van der Waals surface area contributed by atoms with E-state index >= 15 is 0 Å². The average Bonchev–Trinajstić information content (AvgIpc) is 2.82. The van der Waals surface area contributed by atoms with E-state index in [0.29, 0.717) is 23.4 Å². The number of carbonyl (C=O) groups excluding carboxylic acids is 2. The van der Waals surface area contributed by atoms with Crippen molar-refractivity contribution in [1.29, 1.82) is 0 Å². The van der Waals surface area contributed by atoms with Gasteiger partial charge in [-0.3, -0.25) is 4.79 Å². The number of hydrogen-bond acceptors (Lipinski definition) is 4. The smallest absolute Gasteiger partial charge is 0.348 e. The number of ether oxygens (including phenoxy) is 1. The van der Waals surface area contributed by atoms with Gasteiger partial charge in [-0.25, -0.2) is 4.79 Å². The fourth-order valence-electron chi connectivity index (χ4n) is 1.47. The summed E-state index contributed by atoms with van der Waals surface area (Å²) in [6.07, 6.45) is 0.824. The SMILES string of the molecule is CC(C)(C)C.COC(=O)c1cc2c(s1)CN(C=O)C2. The van der Waals surface area contributed by atoms with Gasteiger partial charge < -0.3 is 9.64 Å². The monoisotopic (exact) mass is 283 g/mol. The van der Waals surface area contributed by atoms with Crippen molar-refractivity contribution in [3.05, 3.63) is 21.4 Å². The molecule has 0 aliphatic carbocycles. The second-order valence-corrected chi connectivity index (χ2v) is 7.20. The molecule has 0 bridgehead atoms. The lowest BCUT2D eigenvalue weighted by Gasteiger charge is -2.05. The van der Waals surface area contributed by atoms with Gasteiger partial charge in [0.2, 0.25) is 6.41 Å². The van der Waals surface area contributed by atoms with Crippen LogP contribution in [-0.2, 0) is 22.6 Å². The van der Waals surface area contributed by atoms with Crippen LogP contribution in [0.15, 0.2) is 6.07 Å². The van der Waals surface area contributed by atoms with Crippen LogP contribution in [0.25, 0.3) is 0 Å². The Balaban J connectivity index is 0.000000312. The molecule has 1 aromatic rings. The molecule has 106 valence electrons. The van der Waals surface area contributed by atoms with Crippen molar-refractivity contribution in [3.8, 4) is 0 Å². The van der Waals surface area contributed by atoms with Crippen LogP contribution in [0.1, 0.15) is 47.8 Å². The summed E-state index contributed by atoms with van der Waals surface area (Å²) in [6, 6.07) is 1.80. The fraction of sp³-hybridized carbons (Fsp3) is 0.571. The quantitative estimate of drug-likeness (QED) is 0.619. The number of thiophene rings is 1. The number of fused-ring (bicyclic) bond motifs is 1. The molecule has 2 rings (SSSR count). The fourth-order valence-corrected chi connectivity index (χ4v) is 2.59. The van der Waals surface area contributed by atoms with E-state index in [-0.39, 0.29) is 5.97 Å². The molecule has 0 radical (unpaired) electrons. The third kappa shape index (κ3) is 5.03. The van der Waals surface area contributed by atoms with E-state index in [2.05, 4.69) is 32.4 Å². The summed E-state index contributed by atoms with van der Waals surface area (Å²) >= 11 is 1.40. The van der Waals surface area contributed by atoms with Gasteiger partial charge in [0.05, 0.1) is 13.7 Å². The first kappa shape index (κ1) is 15.7. The van der Waals surface area contributed by atoms with E-state index in [0.717, 1.165) is 16.9 Å². The molecule has 0 atom stereocenters. The van der Waals surface area contributed by atoms with Crippen molar-refractivity contribution in [2.24, 2.45) is 5.41 Å². The van der Waals surface area contributed by atoms with Gasteiger partial charge in [0.15, 0.2) is 0 Å². The molecule has 1 aliphatic heterocycles. The Kier molecular flexibility index (Phi) is 5.11. The minimum atomic E-state index is -0.304. The molecule has 2 heterocycles. The molecule has 0 saturated heterocycles. The standard InChI is InChI=1S/C9H9NO3S.C5H12/c1-13-9(12)7-2-6-3-10(5-11)4-8(6)14-7;1-5(2,3)4/h2,5H,3-4H2,1H3;1-4H3. The van der Waals surface area contributed by atoms with E-state index < -0.39 is 0 Å². The Morgan fingerprint density at radius 2 is 1.95 bits per heavy atom. The van der Waals surface area contributed by atoms with Gasteiger partial charge in [0, 0.05) is 11.4 Å². The summed E-state index contributed by atoms with van der Waals surface area (Å²) in [5.41, 5.74) is 1.56. The zero-order valence-corrected chi connectivity index (χ0v) is 13.0. The third-order valence-corrected chi connectivity index (χ3v) is 3.29. The second-order valence-electron chi connectivity index (χ2n) is 6.06. The van der Waals surface area contributed by atoms with E-state index in [1.165, 1.54) is 18.4 Å². The molecule has 0 aromatic carbocycles. The molecule has 0 unspecified atom stereocenters. The normalized spacial score (nSPS) is 13.4. The van der Waals surface area contributed by atoms with Gasteiger partial charge in [0.1, 0.15) is 4.88 Å². The number of rotatable bonds is 2. The van der Waals surface area contributed by atoms with Gasteiger partial charge in [-0.1, -0.05) is 27.7 Å². The number of amides is 1. The molecule has 1 aromatic heterocycles. The highest BCUT2D eigenvalue weighted by atomic mass is 32.1. The first-order valence-electron chi connectivity index (χ1n) is 6.14. The van der Waals surface area contributed by atoms with E-state index in [1.54, 1.807) is 11.0 Å². The minimum Gasteiger partial charge on any atom is -0.465 e. The highest BCUT2D eigenvalue weighted by Crippen LogP contribution is 2.30. The Morgan fingerprint density at radius 1 is 1.37 bits per heavy atom. The zero-order chi connectivity index (χ0) is 14.6. The largest absolute Gasteiger partial charge is 0.465 e. The van der Waals surface area contributed by atoms with Gasteiger partial charge >= 0.3 is 5.97 Å². The number of nitrogens with zero attached hydrogens (tertiary/aromatic N) is 1. The predicted octanol–water partition coefficient (Wildman–Crippen LogP) is 3.06. The molecular weight excluding hydrogens is 262 g/mol. The number of carbonyl (C=O) groups is 2. The van der Waals surface area contributed by atoms with Gasteiger partial charge in [0.25, 0.3) is 0 Å². The van der Waals surface area contributed by atoms with Crippen LogP contribution in [0.2, 0.25) is 0 Å². The van der Waals surface area contributed by atoms with Crippen molar-refractivity contribution in [3.63, 3.8) is 0 Å². The average molecular weight is 283 g/mol. The first-order valence-corrected chi connectivity index (χ1v) is 6.95. The molecule has 4 nitrogen and oxygen atoms in total. The Bertz CT molecular complexity index is 430. The summed E-state index contributed by atoms with van der Waals surface area (Å²) in [5.74, 6) is -0.304. The van der Waals surface area contributed by atoms with E-state index in [9.17, 15) is 9.59 Å². The molecule has 0 saturated carbocycles. The molecule has 1 aliphatic rings. The lowest BCUT2D eigenvalue weighted by molar-refractivity contribution is -0.118. The third-order valence-electron chi connectivity index (χ3n) is 2.15. The van der Waals surface area contributed by atoms with E-state index in [1.807, 2.05) is 0 Å². The Hall–Kier alpha value is -1.36. The zero-order valence-electron chi connectivity index (χ0n) is 12.1. The second kappa shape index (κ2) is 6.19. The van der Waals surface area contributed by atoms with Crippen LogP contribution < -0.4 is 0 Å². The maximum Gasteiger partial charge on any atom is 0.348 e. The molecule has 5 heteroatoms. The summed E-state index contributed by atoms with van der Waals surface area (Å²) in [6.45, 7) is 9.97. The summed E-state index contributed by atoms with van der Waals surface area (Å²) in [5, 5.41) is 0. The first-order chi connectivity index (χ1) is 8.74. The van der Waals surface area contributed by atoms with E-state index in [4.69, 9.17) is 0 Å². The minimum absolute atomic E-state index is 0.304. The molecule has 0 N–H and O–H groups in total. The van der Waals surface area contributed by atoms with Crippen molar-refractivity contribution in [2.45, 2.75) is 40.8 Å². The topological polar surface area (TPSA) is 46.6 Å². The number of methoxy groups -OCH3 is 1. The molecule has 19 heavy (non-hydrogen) atoms. The number of hydrogen-bond donors (Lipinski definition) is 0. The van der Waals surface area contributed by atoms with Gasteiger partial charge in [-0.2, -0.15) is 0 Å². The van der Waals surface area contributed by atoms with Crippen LogP contribution in [-0.4, -0.2) is 24.4 Å².